The Morgan fingerprint density at radius 3 is 2.43 bits per heavy atom. The van der Waals surface area contributed by atoms with E-state index in [1.165, 1.54) is 12.1 Å². The number of amides is 1. The van der Waals surface area contributed by atoms with Crippen molar-refractivity contribution in [3.05, 3.63) is 53.6 Å². The number of rotatable bonds is 5. The van der Waals surface area contributed by atoms with Crippen molar-refractivity contribution in [3.63, 3.8) is 0 Å². The maximum atomic E-state index is 12.6. The van der Waals surface area contributed by atoms with Crippen molar-refractivity contribution in [2.45, 2.75) is 19.1 Å². The fourth-order valence-electron chi connectivity index (χ4n) is 2.94. The number of ether oxygens (including phenoxy) is 2. The van der Waals surface area contributed by atoms with Gasteiger partial charge in [0.15, 0.2) is 18.0 Å². The first kappa shape index (κ1) is 20.0. The maximum Gasteiger partial charge on any atom is 0.416 e. The molecule has 0 radical (unpaired) electrons. The lowest BCUT2D eigenvalue weighted by Crippen LogP contribution is -3.08. The largest absolute Gasteiger partial charge is 0.490 e. The smallest absolute Gasteiger partial charge is 0.416 e. The first-order chi connectivity index (χ1) is 13.3. The fourth-order valence-corrected chi connectivity index (χ4v) is 2.94. The highest BCUT2D eigenvalue weighted by atomic mass is 19.4. The highest BCUT2D eigenvalue weighted by Gasteiger charge is 2.30. The van der Waals surface area contributed by atoms with Gasteiger partial charge in [0.2, 0.25) is 0 Å². The normalized spacial score (nSPS) is 14.9. The molecule has 2 N–H and O–H groups in total. The van der Waals surface area contributed by atoms with E-state index in [0.717, 1.165) is 29.0 Å². The molecule has 1 aliphatic heterocycles. The monoisotopic (exact) mass is 395 g/mol. The molecule has 0 fully saturated rings. The number of quaternary nitrogens is 1. The average Bonchev–Trinajstić information content (AvgIpc) is 2.86. The topological polar surface area (TPSA) is 52.0 Å². The molecule has 5 nitrogen and oxygen atoms in total. The molecule has 1 atom stereocenters. The lowest BCUT2D eigenvalue weighted by molar-refractivity contribution is -0.885. The molecule has 8 heteroatoms. The molecule has 150 valence electrons. The van der Waals surface area contributed by atoms with Gasteiger partial charge in [-0.25, -0.2) is 0 Å². The molecule has 3 rings (SSSR count). The van der Waals surface area contributed by atoms with Crippen LogP contribution in [-0.2, 0) is 17.5 Å². The van der Waals surface area contributed by atoms with Crippen LogP contribution in [0.4, 0.5) is 18.9 Å². The van der Waals surface area contributed by atoms with Crippen LogP contribution in [0.2, 0.25) is 0 Å². The number of anilines is 1. The van der Waals surface area contributed by atoms with Crippen LogP contribution in [0.25, 0.3) is 0 Å². The van der Waals surface area contributed by atoms with Crippen LogP contribution < -0.4 is 19.7 Å². The molecule has 0 aliphatic carbocycles. The first-order valence-corrected chi connectivity index (χ1v) is 8.98. The minimum absolute atomic E-state index is 0.176. The predicted octanol–water partition coefficient (Wildman–Crippen LogP) is 2.52. The molecule has 1 heterocycles. The molecule has 1 aliphatic rings. The van der Waals surface area contributed by atoms with Gasteiger partial charge in [-0.3, -0.25) is 4.79 Å². The minimum Gasteiger partial charge on any atom is -0.490 e. The van der Waals surface area contributed by atoms with Crippen LogP contribution in [0.1, 0.15) is 17.5 Å². The Morgan fingerprint density at radius 2 is 1.75 bits per heavy atom. The van der Waals surface area contributed by atoms with Crippen molar-refractivity contribution in [3.8, 4) is 11.5 Å². The molecule has 2 aromatic rings. The fraction of sp³-hybridized carbons (Fsp3) is 0.350. The Bertz CT molecular complexity index is 822. The summed E-state index contributed by atoms with van der Waals surface area (Å²) < 4.78 is 49.0. The van der Waals surface area contributed by atoms with Crippen molar-refractivity contribution in [2.24, 2.45) is 0 Å². The lowest BCUT2D eigenvalue weighted by atomic mass is 10.1. The van der Waals surface area contributed by atoms with Crippen LogP contribution in [0, 0.1) is 0 Å². The van der Waals surface area contributed by atoms with E-state index in [9.17, 15) is 18.0 Å². The van der Waals surface area contributed by atoms with Crippen molar-refractivity contribution in [2.75, 3.05) is 32.1 Å². The molecule has 0 spiro atoms. The Balaban J connectivity index is 1.54. The summed E-state index contributed by atoms with van der Waals surface area (Å²) >= 11 is 0. The predicted molar refractivity (Wildman–Crippen MR) is 97.6 cm³/mol. The number of likely N-dealkylation sites (N-methyl/N-ethyl adjacent to an activating group) is 1. The molecule has 0 saturated heterocycles. The van der Waals surface area contributed by atoms with E-state index in [-0.39, 0.29) is 12.5 Å². The van der Waals surface area contributed by atoms with Gasteiger partial charge in [0.05, 0.1) is 25.8 Å². The van der Waals surface area contributed by atoms with Gasteiger partial charge in [0.25, 0.3) is 5.91 Å². The van der Waals surface area contributed by atoms with Crippen LogP contribution in [-0.4, -0.2) is 32.7 Å². The number of benzene rings is 2. The van der Waals surface area contributed by atoms with Gasteiger partial charge in [0.1, 0.15) is 6.54 Å². The Hall–Kier alpha value is -2.74. The van der Waals surface area contributed by atoms with Gasteiger partial charge in [-0.15, -0.1) is 0 Å². The van der Waals surface area contributed by atoms with Crippen LogP contribution in [0.15, 0.2) is 42.5 Å². The van der Waals surface area contributed by atoms with Crippen LogP contribution in [0.3, 0.4) is 0 Å². The number of nitrogens with one attached hydrogen (secondary N) is 2. The third-order valence-corrected chi connectivity index (χ3v) is 4.28. The van der Waals surface area contributed by atoms with E-state index in [1.54, 1.807) is 18.2 Å². The van der Waals surface area contributed by atoms with Gasteiger partial charge in [-0.05, 0) is 24.3 Å². The van der Waals surface area contributed by atoms with Crippen LogP contribution in [0.5, 0.6) is 11.5 Å². The van der Waals surface area contributed by atoms with Crippen molar-refractivity contribution in [1.82, 2.24) is 0 Å². The van der Waals surface area contributed by atoms with E-state index in [2.05, 4.69) is 5.32 Å². The van der Waals surface area contributed by atoms with E-state index < -0.39 is 11.7 Å². The van der Waals surface area contributed by atoms with Gasteiger partial charge in [0, 0.05) is 23.7 Å². The molecule has 1 amide bonds. The Kier molecular flexibility index (Phi) is 6.08. The number of carbonyl (C=O) groups excluding carboxylic acids is 1. The van der Waals surface area contributed by atoms with E-state index >= 15 is 0 Å². The van der Waals surface area contributed by atoms with Gasteiger partial charge in [-0.2, -0.15) is 13.2 Å². The number of halogens is 3. The average molecular weight is 395 g/mol. The van der Waals surface area contributed by atoms with E-state index in [0.29, 0.717) is 36.9 Å². The van der Waals surface area contributed by atoms with Crippen molar-refractivity contribution < 1.29 is 32.3 Å². The second kappa shape index (κ2) is 8.52. The molecule has 2 aromatic carbocycles. The SMILES string of the molecule is C[NH+](CC(=O)Nc1ccc2c(c1)OCCCO2)Cc1ccc(C(F)(F)F)cc1. The summed E-state index contributed by atoms with van der Waals surface area (Å²) in [6, 6.07) is 10.2. The van der Waals surface area contributed by atoms with Gasteiger partial charge >= 0.3 is 6.18 Å². The number of hydrogen-bond donors (Lipinski definition) is 2. The lowest BCUT2D eigenvalue weighted by Gasteiger charge is -2.15. The summed E-state index contributed by atoms with van der Waals surface area (Å²) in [5.74, 6) is 1.06. The van der Waals surface area contributed by atoms with Crippen molar-refractivity contribution in [1.29, 1.82) is 0 Å². The first-order valence-electron chi connectivity index (χ1n) is 8.98. The molecular formula is C20H22F3N2O3+. The van der Waals surface area contributed by atoms with Crippen LogP contribution >= 0.6 is 0 Å². The second-order valence-corrected chi connectivity index (χ2v) is 6.77. The zero-order valence-electron chi connectivity index (χ0n) is 15.4. The number of hydrogen-bond acceptors (Lipinski definition) is 3. The summed E-state index contributed by atoms with van der Waals surface area (Å²) in [5, 5.41) is 2.81. The molecule has 0 saturated carbocycles. The molecule has 0 bridgehead atoms. The van der Waals surface area contributed by atoms with Gasteiger partial charge in [-0.1, -0.05) is 12.1 Å². The third-order valence-electron chi connectivity index (χ3n) is 4.28. The standard InChI is InChI=1S/C20H21F3N2O3/c1-25(12-14-3-5-15(6-4-14)20(21,22)23)13-19(26)24-16-7-8-17-18(11-16)28-10-2-9-27-17/h3-8,11H,2,9-10,12-13H2,1H3,(H,24,26)/p+1. The van der Waals surface area contributed by atoms with E-state index in [1.807, 2.05) is 7.05 Å². The number of carbonyl (C=O) groups is 1. The highest BCUT2D eigenvalue weighted by molar-refractivity contribution is 5.91. The number of alkyl halides is 3. The second-order valence-electron chi connectivity index (χ2n) is 6.77. The zero-order chi connectivity index (χ0) is 20.1. The summed E-state index contributed by atoms with van der Waals surface area (Å²) in [4.78, 5) is 13.1. The van der Waals surface area contributed by atoms with E-state index in [4.69, 9.17) is 9.47 Å². The molecule has 1 unspecified atom stereocenters. The summed E-state index contributed by atoms with van der Waals surface area (Å²) in [6.45, 7) is 1.77. The summed E-state index contributed by atoms with van der Waals surface area (Å²) in [5.41, 5.74) is 0.659. The number of fused-ring (bicyclic) bond motifs is 1. The maximum absolute atomic E-state index is 12.6. The molecular weight excluding hydrogens is 373 g/mol. The Labute approximate surface area is 161 Å². The molecule has 28 heavy (non-hydrogen) atoms. The van der Waals surface area contributed by atoms with Crippen molar-refractivity contribution >= 4 is 11.6 Å². The highest BCUT2D eigenvalue weighted by Crippen LogP contribution is 2.32. The quantitative estimate of drug-likeness (QED) is 0.818. The Morgan fingerprint density at radius 1 is 1.07 bits per heavy atom. The molecule has 0 aromatic heterocycles. The minimum atomic E-state index is -4.35. The summed E-state index contributed by atoms with van der Waals surface area (Å²) in [6.07, 6.45) is -3.55. The summed E-state index contributed by atoms with van der Waals surface area (Å²) in [7, 11) is 1.81. The van der Waals surface area contributed by atoms with Gasteiger partial charge < -0.3 is 19.7 Å². The zero-order valence-corrected chi connectivity index (χ0v) is 15.4. The third kappa shape index (κ3) is 5.39.